The Hall–Kier alpha value is -1.94. The normalized spacial score (nSPS) is 10.9. The molecule has 0 aliphatic heterocycles. The SMILES string of the molecule is CC(C)CNCc1ccncc1N(C)c1ccc(F)cc1. The lowest BCUT2D eigenvalue weighted by Crippen LogP contribution is -2.21. The van der Waals surface area contributed by atoms with Crippen molar-refractivity contribution in [3.63, 3.8) is 0 Å². The molecule has 0 spiro atoms. The fourth-order valence-electron chi connectivity index (χ4n) is 2.17. The Morgan fingerprint density at radius 3 is 2.57 bits per heavy atom. The molecule has 0 radical (unpaired) electrons. The van der Waals surface area contributed by atoms with E-state index < -0.39 is 0 Å². The maximum atomic E-state index is 13.0. The van der Waals surface area contributed by atoms with Gasteiger partial charge in [-0.2, -0.15) is 0 Å². The molecule has 2 aromatic rings. The predicted octanol–water partition coefficient (Wildman–Crippen LogP) is 3.73. The van der Waals surface area contributed by atoms with E-state index >= 15 is 0 Å². The van der Waals surface area contributed by atoms with E-state index in [0.29, 0.717) is 5.92 Å². The summed E-state index contributed by atoms with van der Waals surface area (Å²) in [5.41, 5.74) is 3.15. The third-order valence-electron chi connectivity index (χ3n) is 3.33. The Kier molecular flexibility index (Phi) is 5.28. The van der Waals surface area contributed by atoms with Gasteiger partial charge in [-0.1, -0.05) is 13.8 Å². The fourth-order valence-corrected chi connectivity index (χ4v) is 2.17. The van der Waals surface area contributed by atoms with Crippen LogP contribution in [0.25, 0.3) is 0 Å². The molecule has 112 valence electrons. The molecule has 1 aromatic carbocycles. The van der Waals surface area contributed by atoms with Crippen LogP contribution in [-0.2, 0) is 6.54 Å². The first-order chi connectivity index (χ1) is 10.1. The van der Waals surface area contributed by atoms with Gasteiger partial charge in [-0.3, -0.25) is 4.98 Å². The molecule has 0 saturated heterocycles. The molecular formula is C17H22FN3. The molecule has 0 aliphatic rings. The summed E-state index contributed by atoms with van der Waals surface area (Å²) in [6.45, 7) is 6.14. The average molecular weight is 287 g/mol. The van der Waals surface area contributed by atoms with Crippen molar-refractivity contribution in [2.45, 2.75) is 20.4 Å². The summed E-state index contributed by atoms with van der Waals surface area (Å²) in [5, 5.41) is 3.44. The Morgan fingerprint density at radius 2 is 1.90 bits per heavy atom. The van der Waals surface area contributed by atoms with Crippen molar-refractivity contribution in [2.24, 2.45) is 5.92 Å². The third-order valence-corrected chi connectivity index (χ3v) is 3.33. The zero-order valence-electron chi connectivity index (χ0n) is 12.8. The minimum absolute atomic E-state index is 0.225. The molecule has 0 fully saturated rings. The van der Waals surface area contributed by atoms with Crippen LogP contribution in [0.2, 0.25) is 0 Å². The summed E-state index contributed by atoms with van der Waals surface area (Å²) in [6.07, 6.45) is 3.64. The van der Waals surface area contributed by atoms with Gasteiger partial charge in [-0.25, -0.2) is 4.39 Å². The van der Waals surface area contributed by atoms with Gasteiger partial charge in [0, 0.05) is 25.5 Å². The molecule has 0 atom stereocenters. The molecule has 0 aliphatic carbocycles. The summed E-state index contributed by atoms with van der Waals surface area (Å²) in [4.78, 5) is 6.24. The number of anilines is 2. The number of nitrogens with one attached hydrogen (secondary N) is 1. The van der Waals surface area contributed by atoms with Gasteiger partial charge in [0.15, 0.2) is 0 Å². The molecule has 0 saturated carbocycles. The average Bonchev–Trinajstić information content (AvgIpc) is 2.47. The largest absolute Gasteiger partial charge is 0.343 e. The smallest absolute Gasteiger partial charge is 0.123 e. The molecule has 0 unspecified atom stereocenters. The Morgan fingerprint density at radius 1 is 1.19 bits per heavy atom. The molecule has 2 rings (SSSR count). The van der Waals surface area contributed by atoms with Gasteiger partial charge in [0.25, 0.3) is 0 Å². The maximum Gasteiger partial charge on any atom is 0.123 e. The quantitative estimate of drug-likeness (QED) is 0.877. The van der Waals surface area contributed by atoms with Crippen molar-refractivity contribution in [3.8, 4) is 0 Å². The zero-order valence-corrected chi connectivity index (χ0v) is 12.8. The van der Waals surface area contributed by atoms with Crippen LogP contribution < -0.4 is 10.2 Å². The van der Waals surface area contributed by atoms with E-state index in [4.69, 9.17) is 0 Å². The van der Waals surface area contributed by atoms with Gasteiger partial charge < -0.3 is 10.2 Å². The number of hydrogen-bond acceptors (Lipinski definition) is 3. The summed E-state index contributed by atoms with van der Waals surface area (Å²) in [7, 11) is 1.97. The standard InChI is InChI=1S/C17H22FN3/c1-13(2)10-20-11-14-8-9-19-12-17(14)21(3)16-6-4-15(18)5-7-16/h4-9,12-13,20H,10-11H2,1-3H3. The van der Waals surface area contributed by atoms with Gasteiger partial charge in [0.1, 0.15) is 5.82 Å². The van der Waals surface area contributed by atoms with Gasteiger partial charge in [0.05, 0.1) is 11.9 Å². The number of hydrogen-bond donors (Lipinski definition) is 1. The maximum absolute atomic E-state index is 13.0. The molecule has 1 aromatic heterocycles. The van der Waals surface area contributed by atoms with Gasteiger partial charge >= 0.3 is 0 Å². The molecule has 3 nitrogen and oxygen atoms in total. The lowest BCUT2D eigenvalue weighted by atomic mass is 10.1. The van der Waals surface area contributed by atoms with Crippen LogP contribution in [0, 0.1) is 11.7 Å². The molecular weight excluding hydrogens is 265 g/mol. The summed E-state index contributed by atoms with van der Waals surface area (Å²) in [5.74, 6) is 0.391. The lowest BCUT2D eigenvalue weighted by Gasteiger charge is -2.22. The van der Waals surface area contributed by atoms with Gasteiger partial charge in [-0.05, 0) is 48.4 Å². The number of rotatable bonds is 6. The van der Waals surface area contributed by atoms with Crippen molar-refractivity contribution in [2.75, 3.05) is 18.5 Å². The number of pyridine rings is 1. The minimum Gasteiger partial charge on any atom is -0.343 e. The highest BCUT2D eigenvalue weighted by Crippen LogP contribution is 2.26. The number of aromatic nitrogens is 1. The van der Waals surface area contributed by atoms with E-state index in [1.165, 1.54) is 17.7 Å². The molecule has 4 heteroatoms. The van der Waals surface area contributed by atoms with Crippen LogP contribution in [0.5, 0.6) is 0 Å². The lowest BCUT2D eigenvalue weighted by molar-refractivity contribution is 0.552. The highest BCUT2D eigenvalue weighted by molar-refractivity contribution is 5.64. The summed E-state index contributed by atoms with van der Waals surface area (Å²) in [6, 6.07) is 8.50. The van der Waals surface area contributed by atoms with Crippen LogP contribution in [0.4, 0.5) is 15.8 Å². The highest BCUT2D eigenvalue weighted by atomic mass is 19.1. The Balaban J connectivity index is 2.16. The second kappa shape index (κ2) is 7.18. The summed E-state index contributed by atoms with van der Waals surface area (Å²) < 4.78 is 13.0. The topological polar surface area (TPSA) is 28.2 Å². The van der Waals surface area contributed by atoms with Gasteiger partial charge in [0.2, 0.25) is 0 Å². The number of nitrogens with zero attached hydrogens (tertiary/aromatic N) is 2. The zero-order chi connectivity index (χ0) is 15.2. The number of benzene rings is 1. The predicted molar refractivity (Wildman–Crippen MR) is 85.2 cm³/mol. The first-order valence-electron chi connectivity index (χ1n) is 7.21. The summed E-state index contributed by atoms with van der Waals surface area (Å²) >= 11 is 0. The minimum atomic E-state index is -0.225. The van der Waals surface area contributed by atoms with Crippen LogP contribution in [0.15, 0.2) is 42.7 Å². The van der Waals surface area contributed by atoms with Crippen molar-refractivity contribution in [3.05, 3.63) is 54.1 Å². The second-order valence-corrected chi connectivity index (χ2v) is 5.56. The Labute approximate surface area is 125 Å². The first kappa shape index (κ1) is 15.4. The van der Waals surface area contributed by atoms with E-state index in [2.05, 4.69) is 24.1 Å². The van der Waals surface area contributed by atoms with Crippen LogP contribution in [0.1, 0.15) is 19.4 Å². The van der Waals surface area contributed by atoms with E-state index in [1.807, 2.05) is 24.2 Å². The molecule has 0 amide bonds. The number of halogens is 1. The fraction of sp³-hybridized carbons (Fsp3) is 0.353. The van der Waals surface area contributed by atoms with Crippen molar-refractivity contribution >= 4 is 11.4 Å². The third kappa shape index (κ3) is 4.26. The van der Waals surface area contributed by atoms with Crippen LogP contribution in [0.3, 0.4) is 0 Å². The van der Waals surface area contributed by atoms with E-state index in [1.54, 1.807) is 18.3 Å². The monoisotopic (exact) mass is 287 g/mol. The van der Waals surface area contributed by atoms with Crippen molar-refractivity contribution in [1.82, 2.24) is 10.3 Å². The molecule has 0 bridgehead atoms. The van der Waals surface area contributed by atoms with E-state index in [-0.39, 0.29) is 5.82 Å². The first-order valence-corrected chi connectivity index (χ1v) is 7.21. The molecule has 21 heavy (non-hydrogen) atoms. The van der Waals surface area contributed by atoms with Gasteiger partial charge in [-0.15, -0.1) is 0 Å². The van der Waals surface area contributed by atoms with Crippen molar-refractivity contribution in [1.29, 1.82) is 0 Å². The van der Waals surface area contributed by atoms with Crippen molar-refractivity contribution < 1.29 is 4.39 Å². The molecule has 1 heterocycles. The second-order valence-electron chi connectivity index (χ2n) is 5.56. The van der Waals surface area contributed by atoms with Crippen LogP contribution in [-0.4, -0.2) is 18.6 Å². The molecule has 1 N–H and O–H groups in total. The van der Waals surface area contributed by atoms with E-state index in [9.17, 15) is 4.39 Å². The van der Waals surface area contributed by atoms with Crippen LogP contribution >= 0.6 is 0 Å². The highest BCUT2D eigenvalue weighted by Gasteiger charge is 2.09. The Bertz CT molecular complexity index is 567. The van der Waals surface area contributed by atoms with E-state index in [0.717, 1.165) is 24.5 Å².